The molecular weight excluding hydrogens is 222 g/mol. The predicted molar refractivity (Wildman–Crippen MR) is 65.9 cm³/mol. The second-order valence-corrected chi connectivity index (χ2v) is 4.57. The van der Waals surface area contributed by atoms with E-state index < -0.39 is 0 Å². The van der Waals surface area contributed by atoms with E-state index in [1.54, 1.807) is 0 Å². The molecule has 2 atom stereocenters. The minimum Gasteiger partial charge on any atom is -0.309 e. The molecule has 1 aromatic carbocycles. The molecule has 0 radical (unpaired) electrons. The largest absolute Gasteiger partial charge is 0.309 e. The Labute approximate surface area is 102 Å². The highest BCUT2D eigenvalue weighted by molar-refractivity contribution is 5.85. The summed E-state index contributed by atoms with van der Waals surface area (Å²) in [6.07, 6.45) is 2.50. The average Bonchev–Trinajstić information content (AvgIpc) is 2.29. The summed E-state index contributed by atoms with van der Waals surface area (Å²) in [6, 6.07) is 9.04. The molecule has 2 aliphatic rings. The molecular formula is C13H16ClNO. The molecule has 3 heteroatoms. The van der Waals surface area contributed by atoms with E-state index in [9.17, 15) is 4.79 Å². The third-order valence-corrected chi connectivity index (χ3v) is 3.68. The topological polar surface area (TPSA) is 29.1 Å². The van der Waals surface area contributed by atoms with Gasteiger partial charge in [0.15, 0.2) is 0 Å². The van der Waals surface area contributed by atoms with Gasteiger partial charge in [-0.25, -0.2) is 0 Å². The van der Waals surface area contributed by atoms with Gasteiger partial charge >= 0.3 is 0 Å². The number of carbonyl (C=O) groups excluding carboxylic acids is 1. The molecule has 86 valence electrons. The lowest BCUT2D eigenvalue weighted by atomic mass is 9.75. The summed E-state index contributed by atoms with van der Waals surface area (Å²) in [5.41, 5.74) is 2.77. The molecule has 0 aromatic heterocycles. The maximum Gasteiger partial charge on any atom is 0.133 e. The van der Waals surface area contributed by atoms with Crippen LogP contribution < -0.4 is 5.32 Å². The lowest BCUT2D eigenvalue weighted by Crippen LogP contribution is -2.43. The maximum absolute atomic E-state index is 11.5. The highest BCUT2D eigenvalue weighted by Crippen LogP contribution is 2.36. The van der Waals surface area contributed by atoms with Crippen molar-refractivity contribution in [1.29, 1.82) is 0 Å². The predicted octanol–water partition coefficient (Wildman–Crippen LogP) is 2.42. The van der Waals surface area contributed by atoms with Crippen LogP contribution in [0.15, 0.2) is 24.3 Å². The van der Waals surface area contributed by atoms with Gasteiger partial charge in [0.05, 0.1) is 0 Å². The Bertz CT molecular complexity index is 405. The van der Waals surface area contributed by atoms with Crippen molar-refractivity contribution in [1.82, 2.24) is 5.32 Å². The third kappa shape index (κ3) is 1.87. The maximum atomic E-state index is 11.5. The molecule has 1 heterocycles. The van der Waals surface area contributed by atoms with Gasteiger partial charge < -0.3 is 5.32 Å². The van der Waals surface area contributed by atoms with Gasteiger partial charge in [-0.1, -0.05) is 24.3 Å². The standard InChI is InChI=1S/C13H15NO.ClH/c15-10-5-6-13-12(7-10)11-4-2-1-3-9(11)8-14-13;/h1-4,12-14H,5-8H2;1H. The van der Waals surface area contributed by atoms with Crippen LogP contribution in [0.3, 0.4) is 0 Å². The Morgan fingerprint density at radius 3 is 2.94 bits per heavy atom. The van der Waals surface area contributed by atoms with Gasteiger partial charge in [0, 0.05) is 31.3 Å². The number of benzene rings is 1. The summed E-state index contributed by atoms with van der Waals surface area (Å²) in [5.74, 6) is 0.853. The zero-order valence-corrected chi connectivity index (χ0v) is 9.93. The summed E-state index contributed by atoms with van der Waals surface area (Å²) < 4.78 is 0. The molecule has 1 saturated carbocycles. The minimum atomic E-state index is 0. The minimum absolute atomic E-state index is 0. The second-order valence-electron chi connectivity index (χ2n) is 4.57. The van der Waals surface area contributed by atoms with Crippen molar-refractivity contribution in [2.24, 2.45) is 0 Å². The van der Waals surface area contributed by atoms with Gasteiger partial charge in [-0.3, -0.25) is 4.79 Å². The number of hydrogen-bond acceptors (Lipinski definition) is 2. The highest BCUT2D eigenvalue weighted by Gasteiger charge is 2.33. The van der Waals surface area contributed by atoms with Crippen molar-refractivity contribution in [2.75, 3.05) is 0 Å². The number of halogens is 1. The molecule has 16 heavy (non-hydrogen) atoms. The van der Waals surface area contributed by atoms with Crippen molar-refractivity contribution in [3.05, 3.63) is 35.4 Å². The summed E-state index contributed by atoms with van der Waals surface area (Å²) in [7, 11) is 0. The fourth-order valence-corrected chi connectivity index (χ4v) is 2.88. The third-order valence-electron chi connectivity index (χ3n) is 3.68. The second kappa shape index (κ2) is 4.56. The van der Waals surface area contributed by atoms with E-state index in [4.69, 9.17) is 0 Å². The van der Waals surface area contributed by atoms with E-state index in [0.29, 0.717) is 17.7 Å². The number of carbonyl (C=O) groups is 1. The van der Waals surface area contributed by atoms with Crippen LogP contribution in [0.5, 0.6) is 0 Å². The monoisotopic (exact) mass is 237 g/mol. The Hall–Kier alpha value is -0.860. The number of nitrogens with one attached hydrogen (secondary N) is 1. The van der Waals surface area contributed by atoms with E-state index in [2.05, 4.69) is 29.6 Å². The van der Waals surface area contributed by atoms with E-state index in [-0.39, 0.29) is 12.4 Å². The molecule has 0 spiro atoms. The van der Waals surface area contributed by atoms with Crippen LogP contribution in [-0.4, -0.2) is 11.8 Å². The van der Waals surface area contributed by atoms with E-state index in [0.717, 1.165) is 25.8 Å². The fraction of sp³-hybridized carbons (Fsp3) is 0.462. The molecule has 0 amide bonds. The van der Waals surface area contributed by atoms with Crippen LogP contribution in [0, 0.1) is 0 Å². The first-order valence-corrected chi connectivity index (χ1v) is 5.67. The Kier molecular flexibility index (Phi) is 3.31. The van der Waals surface area contributed by atoms with Crippen molar-refractivity contribution < 1.29 is 4.79 Å². The SMILES string of the molecule is Cl.O=C1CCC2NCc3ccccc3C2C1. The van der Waals surface area contributed by atoms with Crippen molar-refractivity contribution in [3.63, 3.8) is 0 Å². The van der Waals surface area contributed by atoms with Gasteiger partial charge in [0.25, 0.3) is 0 Å². The van der Waals surface area contributed by atoms with E-state index >= 15 is 0 Å². The summed E-state index contributed by atoms with van der Waals surface area (Å²) >= 11 is 0. The molecule has 1 fully saturated rings. The molecule has 1 aliphatic heterocycles. The number of fused-ring (bicyclic) bond motifs is 3. The molecule has 2 unspecified atom stereocenters. The zero-order chi connectivity index (χ0) is 10.3. The molecule has 1 aromatic rings. The lowest BCUT2D eigenvalue weighted by Gasteiger charge is -2.37. The molecule has 0 bridgehead atoms. The highest BCUT2D eigenvalue weighted by atomic mass is 35.5. The first-order valence-electron chi connectivity index (χ1n) is 5.67. The molecule has 1 N–H and O–H groups in total. The van der Waals surface area contributed by atoms with Crippen molar-refractivity contribution in [2.45, 2.75) is 37.8 Å². The summed E-state index contributed by atoms with van der Waals surface area (Å²) in [4.78, 5) is 11.5. The van der Waals surface area contributed by atoms with Crippen LogP contribution in [0.1, 0.15) is 36.3 Å². The van der Waals surface area contributed by atoms with Gasteiger partial charge in [-0.05, 0) is 17.5 Å². The number of Topliss-reactive ketones (excluding diaryl/α,β-unsaturated/α-hetero) is 1. The number of ketones is 1. The van der Waals surface area contributed by atoms with Gasteiger partial charge in [-0.2, -0.15) is 0 Å². The first-order chi connectivity index (χ1) is 7.34. The summed E-state index contributed by atoms with van der Waals surface area (Å²) in [6.45, 7) is 0.964. The Balaban J connectivity index is 0.000000963. The average molecular weight is 238 g/mol. The normalized spacial score (nSPS) is 27.6. The fourth-order valence-electron chi connectivity index (χ4n) is 2.88. The van der Waals surface area contributed by atoms with Crippen LogP contribution in [0.25, 0.3) is 0 Å². The van der Waals surface area contributed by atoms with Crippen molar-refractivity contribution >= 4 is 18.2 Å². The lowest BCUT2D eigenvalue weighted by molar-refractivity contribution is -0.121. The van der Waals surface area contributed by atoms with E-state index in [1.165, 1.54) is 11.1 Å². The summed E-state index contributed by atoms with van der Waals surface area (Å²) in [5, 5.41) is 3.55. The van der Waals surface area contributed by atoms with Gasteiger partial charge in [0.1, 0.15) is 5.78 Å². The molecule has 2 nitrogen and oxygen atoms in total. The van der Waals surface area contributed by atoms with Crippen LogP contribution in [-0.2, 0) is 11.3 Å². The smallest absolute Gasteiger partial charge is 0.133 e. The molecule has 1 aliphatic carbocycles. The first kappa shape index (κ1) is 11.6. The van der Waals surface area contributed by atoms with Gasteiger partial charge in [0.2, 0.25) is 0 Å². The van der Waals surface area contributed by atoms with Crippen LogP contribution in [0.2, 0.25) is 0 Å². The van der Waals surface area contributed by atoms with Crippen LogP contribution >= 0.6 is 12.4 Å². The van der Waals surface area contributed by atoms with Gasteiger partial charge in [-0.15, -0.1) is 12.4 Å². The molecule has 0 saturated heterocycles. The molecule has 3 rings (SSSR count). The quantitative estimate of drug-likeness (QED) is 0.751. The Morgan fingerprint density at radius 1 is 1.25 bits per heavy atom. The van der Waals surface area contributed by atoms with Crippen LogP contribution in [0.4, 0.5) is 0 Å². The number of rotatable bonds is 0. The number of hydrogen-bond donors (Lipinski definition) is 1. The van der Waals surface area contributed by atoms with E-state index in [1.807, 2.05) is 0 Å². The Morgan fingerprint density at radius 2 is 2.06 bits per heavy atom. The zero-order valence-electron chi connectivity index (χ0n) is 9.11. The van der Waals surface area contributed by atoms with Crippen molar-refractivity contribution in [3.8, 4) is 0 Å².